The molecule has 0 aliphatic carbocycles. The Morgan fingerprint density at radius 3 is 2.41 bits per heavy atom. The van der Waals surface area contributed by atoms with Crippen molar-refractivity contribution in [3.05, 3.63) is 54.6 Å². The molecule has 0 amide bonds. The Kier molecular flexibility index (Phi) is 6.13. The van der Waals surface area contributed by atoms with Gasteiger partial charge in [-0.05, 0) is 32.0 Å². The standard InChI is InChI=1S/C20H23N5OS/c1-4-27(26)17-12-8-11-16(13-17)22-20-24-18(15-9-6-5-7-10-15)23-19(25-20)21-14(2)3/h5-14H,4H2,1-3H3,(H2,21,22,23,24,25). The lowest BCUT2D eigenvalue weighted by molar-refractivity contribution is 0.684. The zero-order valence-corrected chi connectivity index (χ0v) is 16.5. The highest BCUT2D eigenvalue weighted by molar-refractivity contribution is 7.85. The van der Waals surface area contributed by atoms with Crippen LogP contribution in [-0.4, -0.2) is 31.0 Å². The third-order valence-corrected chi connectivity index (χ3v) is 5.00. The summed E-state index contributed by atoms with van der Waals surface area (Å²) in [5, 5.41) is 6.44. The first kappa shape index (κ1) is 19.0. The van der Waals surface area contributed by atoms with Crippen molar-refractivity contribution >= 4 is 28.4 Å². The second-order valence-electron chi connectivity index (χ2n) is 6.26. The highest BCUT2D eigenvalue weighted by Gasteiger charge is 2.10. The summed E-state index contributed by atoms with van der Waals surface area (Å²) in [6, 6.07) is 17.5. The molecule has 1 aromatic heterocycles. The van der Waals surface area contributed by atoms with Gasteiger partial charge in [-0.1, -0.05) is 43.3 Å². The predicted molar refractivity (Wildman–Crippen MR) is 111 cm³/mol. The largest absolute Gasteiger partial charge is 0.352 e. The fourth-order valence-corrected chi connectivity index (χ4v) is 3.30. The number of anilines is 3. The molecular weight excluding hydrogens is 358 g/mol. The molecule has 1 unspecified atom stereocenters. The van der Waals surface area contributed by atoms with Crippen LogP contribution >= 0.6 is 0 Å². The molecule has 2 N–H and O–H groups in total. The Labute approximate surface area is 162 Å². The average molecular weight is 382 g/mol. The van der Waals surface area contributed by atoms with Gasteiger partial charge in [0.15, 0.2) is 5.82 Å². The molecule has 2 aromatic carbocycles. The first-order valence-corrected chi connectivity index (χ1v) is 10.2. The van der Waals surface area contributed by atoms with Gasteiger partial charge in [-0.25, -0.2) is 0 Å². The summed E-state index contributed by atoms with van der Waals surface area (Å²) in [6.45, 7) is 5.96. The highest BCUT2D eigenvalue weighted by Crippen LogP contribution is 2.21. The van der Waals surface area contributed by atoms with Gasteiger partial charge >= 0.3 is 0 Å². The van der Waals surface area contributed by atoms with Crippen molar-refractivity contribution in [2.45, 2.75) is 31.7 Å². The van der Waals surface area contributed by atoms with Gasteiger partial charge in [0.05, 0.1) is 10.8 Å². The molecule has 1 heterocycles. The van der Waals surface area contributed by atoms with Gasteiger partial charge in [0, 0.05) is 27.9 Å². The van der Waals surface area contributed by atoms with Crippen molar-refractivity contribution in [3.63, 3.8) is 0 Å². The fourth-order valence-electron chi connectivity index (χ4n) is 2.48. The van der Waals surface area contributed by atoms with Crippen LogP contribution in [0.1, 0.15) is 20.8 Å². The quantitative estimate of drug-likeness (QED) is 0.637. The molecule has 27 heavy (non-hydrogen) atoms. The van der Waals surface area contributed by atoms with Crippen molar-refractivity contribution < 1.29 is 4.21 Å². The van der Waals surface area contributed by atoms with E-state index in [1.54, 1.807) is 0 Å². The fraction of sp³-hybridized carbons (Fsp3) is 0.250. The second kappa shape index (κ2) is 8.73. The van der Waals surface area contributed by atoms with E-state index >= 15 is 0 Å². The van der Waals surface area contributed by atoms with Gasteiger partial charge in [0.25, 0.3) is 0 Å². The topological polar surface area (TPSA) is 79.8 Å². The molecule has 0 saturated heterocycles. The molecule has 0 fully saturated rings. The van der Waals surface area contributed by atoms with Crippen LogP contribution in [-0.2, 0) is 10.8 Å². The smallest absolute Gasteiger partial charge is 0.232 e. The number of rotatable bonds is 7. The Morgan fingerprint density at radius 1 is 0.963 bits per heavy atom. The molecule has 0 aliphatic rings. The molecule has 3 rings (SSSR count). The molecule has 1 atom stereocenters. The Balaban J connectivity index is 1.96. The maximum Gasteiger partial charge on any atom is 0.232 e. The Hall–Kier alpha value is -2.80. The van der Waals surface area contributed by atoms with Crippen LogP contribution in [0.2, 0.25) is 0 Å². The monoisotopic (exact) mass is 381 g/mol. The minimum Gasteiger partial charge on any atom is -0.352 e. The van der Waals surface area contributed by atoms with E-state index in [0.29, 0.717) is 23.5 Å². The third-order valence-electron chi connectivity index (χ3n) is 3.70. The molecule has 6 nitrogen and oxygen atoms in total. The van der Waals surface area contributed by atoms with Crippen LogP contribution in [0.4, 0.5) is 17.6 Å². The molecule has 0 aliphatic heterocycles. The first-order valence-electron chi connectivity index (χ1n) is 8.88. The Bertz CT molecular complexity index is 931. The lowest BCUT2D eigenvalue weighted by atomic mass is 10.2. The van der Waals surface area contributed by atoms with Crippen molar-refractivity contribution in [3.8, 4) is 11.4 Å². The second-order valence-corrected chi connectivity index (χ2v) is 8.00. The normalized spacial score (nSPS) is 12.0. The zero-order chi connectivity index (χ0) is 19.2. The van der Waals surface area contributed by atoms with Gasteiger partial charge in [0.1, 0.15) is 0 Å². The number of aromatic nitrogens is 3. The van der Waals surface area contributed by atoms with Gasteiger partial charge in [0.2, 0.25) is 11.9 Å². The lowest BCUT2D eigenvalue weighted by Gasteiger charge is -2.12. The number of hydrogen-bond donors (Lipinski definition) is 2. The molecule has 7 heteroatoms. The summed E-state index contributed by atoms with van der Waals surface area (Å²) in [5.41, 5.74) is 1.70. The number of nitrogens with zero attached hydrogens (tertiary/aromatic N) is 3. The van der Waals surface area contributed by atoms with Crippen LogP contribution in [0.25, 0.3) is 11.4 Å². The van der Waals surface area contributed by atoms with Gasteiger partial charge < -0.3 is 10.6 Å². The van der Waals surface area contributed by atoms with Crippen LogP contribution in [0, 0.1) is 0 Å². The molecule has 0 saturated carbocycles. The van der Waals surface area contributed by atoms with Crippen molar-refractivity contribution in [1.82, 2.24) is 15.0 Å². The number of benzene rings is 2. The highest BCUT2D eigenvalue weighted by atomic mass is 32.2. The summed E-state index contributed by atoms with van der Waals surface area (Å²) < 4.78 is 12.1. The van der Waals surface area contributed by atoms with E-state index in [9.17, 15) is 4.21 Å². The maximum atomic E-state index is 12.1. The van der Waals surface area contributed by atoms with E-state index in [1.807, 2.05) is 75.4 Å². The van der Waals surface area contributed by atoms with E-state index in [1.165, 1.54) is 0 Å². The van der Waals surface area contributed by atoms with Crippen LogP contribution < -0.4 is 10.6 Å². The van der Waals surface area contributed by atoms with Crippen LogP contribution in [0.5, 0.6) is 0 Å². The maximum absolute atomic E-state index is 12.1. The van der Waals surface area contributed by atoms with Crippen molar-refractivity contribution in [2.75, 3.05) is 16.4 Å². The minimum atomic E-state index is -1.01. The minimum absolute atomic E-state index is 0.194. The van der Waals surface area contributed by atoms with Gasteiger partial charge in [-0.3, -0.25) is 4.21 Å². The van der Waals surface area contributed by atoms with Crippen molar-refractivity contribution in [1.29, 1.82) is 0 Å². The zero-order valence-electron chi connectivity index (χ0n) is 15.6. The van der Waals surface area contributed by atoms with Gasteiger partial charge in [-0.2, -0.15) is 15.0 Å². The summed E-state index contributed by atoms with van der Waals surface area (Å²) in [7, 11) is -1.01. The molecule has 0 radical (unpaired) electrons. The average Bonchev–Trinajstić information content (AvgIpc) is 2.67. The SMILES string of the molecule is CCS(=O)c1cccc(Nc2nc(NC(C)C)nc(-c3ccccc3)n2)c1. The van der Waals surface area contributed by atoms with E-state index in [0.717, 1.165) is 16.1 Å². The van der Waals surface area contributed by atoms with Crippen molar-refractivity contribution in [2.24, 2.45) is 0 Å². The van der Waals surface area contributed by atoms with Crippen LogP contribution in [0.15, 0.2) is 59.5 Å². The summed E-state index contributed by atoms with van der Waals surface area (Å²) in [4.78, 5) is 14.3. The number of hydrogen-bond acceptors (Lipinski definition) is 6. The van der Waals surface area contributed by atoms with Gasteiger partial charge in [-0.15, -0.1) is 0 Å². The molecule has 0 spiro atoms. The van der Waals surface area contributed by atoms with E-state index in [2.05, 4.69) is 25.6 Å². The van der Waals surface area contributed by atoms with Crippen LogP contribution in [0.3, 0.4) is 0 Å². The predicted octanol–water partition coefficient (Wildman–Crippen LogP) is 4.23. The molecule has 3 aromatic rings. The van der Waals surface area contributed by atoms with E-state index < -0.39 is 10.8 Å². The molecular formula is C20H23N5OS. The van der Waals surface area contributed by atoms with E-state index in [4.69, 9.17) is 0 Å². The summed E-state index contributed by atoms with van der Waals surface area (Å²) in [6.07, 6.45) is 0. The first-order chi connectivity index (χ1) is 13.0. The summed E-state index contributed by atoms with van der Waals surface area (Å²) >= 11 is 0. The number of nitrogens with one attached hydrogen (secondary N) is 2. The molecule has 140 valence electrons. The Morgan fingerprint density at radius 2 is 1.70 bits per heavy atom. The third kappa shape index (κ3) is 5.10. The summed E-state index contributed by atoms with van der Waals surface area (Å²) in [5.74, 6) is 2.11. The lowest BCUT2D eigenvalue weighted by Crippen LogP contribution is -2.14. The van der Waals surface area contributed by atoms with E-state index in [-0.39, 0.29) is 6.04 Å². The molecule has 0 bridgehead atoms.